The fourth-order valence-electron chi connectivity index (χ4n) is 3.83. The quantitative estimate of drug-likeness (QED) is 0.142. The fraction of sp³-hybridized carbons (Fsp3) is 0.684. The third kappa shape index (κ3) is 6.04. The van der Waals surface area contributed by atoms with Crippen molar-refractivity contribution in [2.45, 2.75) is 63.1 Å². The maximum absolute atomic E-state index is 12.8. The second-order valence-corrected chi connectivity index (χ2v) is 7.83. The molecule has 0 aromatic rings. The van der Waals surface area contributed by atoms with E-state index in [1.807, 2.05) is 0 Å². The second-order valence-electron chi connectivity index (χ2n) is 7.83. The Morgan fingerprint density at radius 2 is 1.93 bits per heavy atom. The number of hydrogen-bond donors (Lipinski definition) is 6. The average Bonchev–Trinajstić information content (AvgIpc) is 3.15. The highest BCUT2D eigenvalue weighted by molar-refractivity contribution is 5.93. The lowest BCUT2D eigenvalue weighted by Gasteiger charge is -2.31. The Bertz CT molecular complexity index is 731. The molecular formula is C19H30N6O5. The first-order valence-corrected chi connectivity index (χ1v) is 10.2. The number of nitrogens with two attached hydrogens (primary N) is 2. The molecule has 1 heterocycles. The molecule has 2 fully saturated rings. The van der Waals surface area contributed by atoms with E-state index in [-0.39, 0.29) is 30.4 Å². The molecule has 30 heavy (non-hydrogen) atoms. The van der Waals surface area contributed by atoms with Crippen LogP contribution in [0.3, 0.4) is 0 Å². The minimum absolute atomic E-state index is 0.0453. The number of carbonyl (C=O) groups excluding carboxylic acids is 3. The molecule has 0 aromatic heterocycles. The summed E-state index contributed by atoms with van der Waals surface area (Å²) < 4.78 is 0. The van der Waals surface area contributed by atoms with Gasteiger partial charge in [-0.3, -0.25) is 15.0 Å². The Morgan fingerprint density at radius 1 is 1.23 bits per heavy atom. The number of guanidine groups is 1. The van der Waals surface area contributed by atoms with Crippen LogP contribution in [-0.2, 0) is 19.2 Å². The number of rotatable bonds is 10. The number of carboxylic acids is 1. The van der Waals surface area contributed by atoms with Gasteiger partial charge in [-0.05, 0) is 31.6 Å². The van der Waals surface area contributed by atoms with Crippen molar-refractivity contribution in [3.8, 4) is 0 Å². The Morgan fingerprint density at radius 3 is 2.47 bits per heavy atom. The number of hydrogen-bond acceptors (Lipinski definition) is 6. The summed E-state index contributed by atoms with van der Waals surface area (Å²) in [6, 6.07) is -3.08. The zero-order valence-corrected chi connectivity index (χ0v) is 16.9. The summed E-state index contributed by atoms with van der Waals surface area (Å²) in [6.45, 7) is 0.426. The zero-order valence-electron chi connectivity index (χ0n) is 16.9. The van der Waals surface area contributed by atoms with Gasteiger partial charge in [0.2, 0.25) is 11.8 Å². The summed E-state index contributed by atoms with van der Waals surface area (Å²) in [5.74, 6) is -0.681. The second kappa shape index (κ2) is 10.7. The van der Waals surface area contributed by atoms with Gasteiger partial charge in [0.25, 0.3) is 0 Å². The van der Waals surface area contributed by atoms with Crippen LogP contribution in [0.4, 0.5) is 0 Å². The van der Waals surface area contributed by atoms with E-state index in [9.17, 15) is 24.3 Å². The van der Waals surface area contributed by atoms with E-state index in [1.54, 1.807) is 5.94 Å². The van der Waals surface area contributed by atoms with E-state index in [1.165, 1.54) is 4.90 Å². The van der Waals surface area contributed by atoms with Crippen molar-refractivity contribution >= 4 is 29.7 Å². The van der Waals surface area contributed by atoms with Crippen LogP contribution in [0.15, 0.2) is 5.57 Å². The molecule has 1 aliphatic carbocycles. The molecule has 2 aliphatic rings. The Kier molecular flexibility index (Phi) is 8.37. The molecule has 11 nitrogen and oxygen atoms in total. The van der Waals surface area contributed by atoms with E-state index < -0.39 is 30.0 Å². The molecule has 0 bridgehead atoms. The molecule has 166 valence electrons. The van der Waals surface area contributed by atoms with Gasteiger partial charge in [-0.2, -0.15) is 0 Å². The first-order valence-electron chi connectivity index (χ1n) is 10.2. The van der Waals surface area contributed by atoms with Gasteiger partial charge in [-0.25, -0.2) is 9.59 Å². The molecule has 0 aromatic carbocycles. The van der Waals surface area contributed by atoms with Crippen LogP contribution in [0, 0.1) is 11.3 Å². The van der Waals surface area contributed by atoms with Crippen LogP contribution in [0.5, 0.6) is 0 Å². The van der Waals surface area contributed by atoms with Crippen LogP contribution in [0.1, 0.15) is 44.9 Å². The van der Waals surface area contributed by atoms with Gasteiger partial charge in [0.15, 0.2) is 12.0 Å². The molecule has 0 spiro atoms. The number of carboxylic acid groups (broad SMARTS) is 1. The molecule has 3 atom stereocenters. The van der Waals surface area contributed by atoms with Gasteiger partial charge in [0.05, 0.1) is 6.04 Å². The van der Waals surface area contributed by atoms with Crippen LogP contribution < -0.4 is 22.1 Å². The van der Waals surface area contributed by atoms with Gasteiger partial charge in [0, 0.05) is 18.7 Å². The summed E-state index contributed by atoms with van der Waals surface area (Å²) in [5, 5.41) is 21.4. The monoisotopic (exact) mass is 422 g/mol. The third-order valence-corrected chi connectivity index (χ3v) is 5.69. The third-order valence-electron chi connectivity index (χ3n) is 5.69. The number of aliphatic carboxylic acids is 1. The van der Waals surface area contributed by atoms with Crippen LogP contribution >= 0.6 is 0 Å². The van der Waals surface area contributed by atoms with Gasteiger partial charge in [-0.15, -0.1) is 0 Å². The minimum Gasteiger partial charge on any atom is -0.479 e. The van der Waals surface area contributed by atoms with Gasteiger partial charge in [0.1, 0.15) is 12.0 Å². The molecule has 1 aliphatic heterocycles. The highest BCUT2D eigenvalue weighted by Gasteiger charge is 2.39. The lowest BCUT2D eigenvalue weighted by Crippen LogP contribution is -2.54. The van der Waals surface area contributed by atoms with Crippen molar-refractivity contribution in [3.05, 3.63) is 5.57 Å². The molecule has 1 saturated carbocycles. The molecule has 0 unspecified atom stereocenters. The largest absolute Gasteiger partial charge is 0.479 e. The van der Waals surface area contributed by atoms with Crippen molar-refractivity contribution in [2.24, 2.45) is 17.4 Å². The normalized spacial score (nSPS) is 20.4. The minimum atomic E-state index is -1.58. The predicted octanol–water partition coefficient (Wildman–Crippen LogP) is -1.30. The fourth-order valence-corrected chi connectivity index (χ4v) is 3.83. The summed E-state index contributed by atoms with van der Waals surface area (Å²) in [4.78, 5) is 49.8. The number of carbonyl (C=O) groups is 3. The highest BCUT2D eigenvalue weighted by atomic mass is 16.4. The van der Waals surface area contributed by atoms with Gasteiger partial charge >= 0.3 is 5.97 Å². The van der Waals surface area contributed by atoms with Gasteiger partial charge in [-0.1, -0.05) is 19.3 Å². The Labute approximate surface area is 174 Å². The molecule has 8 N–H and O–H groups in total. The number of amides is 2. The molecule has 0 radical (unpaired) electrons. The zero-order chi connectivity index (χ0) is 22.3. The van der Waals surface area contributed by atoms with E-state index >= 15 is 0 Å². The van der Waals surface area contributed by atoms with E-state index in [0.717, 1.165) is 19.3 Å². The lowest BCUT2D eigenvalue weighted by molar-refractivity contribution is -0.143. The number of nitrogens with zero attached hydrogens (tertiary/aromatic N) is 1. The molecule has 11 heteroatoms. The van der Waals surface area contributed by atoms with Crippen LogP contribution in [0.25, 0.3) is 0 Å². The van der Waals surface area contributed by atoms with Crippen molar-refractivity contribution in [1.29, 1.82) is 5.41 Å². The highest BCUT2D eigenvalue weighted by Crippen LogP contribution is 2.31. The summed E-state index contributed by atoms with van der Waals surface area (Å²) in [5.41, 5.74) is 11.0. The lowest BCUT2D eigenvalue weighted by atomic mass is 9.81. The van der Waals surface area contributed by atoms with Crippen molar-refractivity contribution < 1.29 is 24.3 Å². The predicted molar refractivity (Wildman–Crippen MR) is 108 cm³/mol. The maximum atomic E-state index is 12.8. The molecule has 1 saturated heterocycles. The summed E-state index contributed by atoms with van der Waals surface area (Å²) in [7, 11) is 0. The summed E-state index contributed by atoms with van der Waals surface area (Å²) >= 11 is 0. The van der Waals surface area contributed by atoms with Gasteiger partial charge < -0.3 is 32.1 Å². The average molecular weight is 422 g/mol. The van der Waals surface area contributed by atoms with Crippen LogP contribution in [0.2, 0.25) is 0 Å². The summed E-state index contributed by atoms with van der Waals surface area (Å²) in [6.07, 6.45) is 4.78. The van der Waals surface area contributed by atoms with Crippen molar-refractivity contribution in [2.75, 3.05) is 13.1 Å². The van der Waals surface area contributed by atoms with E-state index in [4.69, 9.17) is 16.9 Å². The Hall–Kier alpha value is -2.91. The first kappa shape index (κ1) is 23.4. The Balaban J connectivity index is 2.01. The smallest absolute Gasteiger partial charge is 0.331 e. The molecule has 2 amide bonds. The number of nitrogens with one attached hydrogen (secondary N) is 3. The number of likely N-dealkylation sites (tertiary alicyclic amines) is 1. The molecular weight excluding hydrogens is 392 g/mol. The maximum Gasteiger partial charge on any atom is 0.331 e. The first-order chi connectivity index (χ1) is 14.2. The van der Waals surface area contributed by atoms with Crippen molar-refractivity contribution in [1.82, 2.24) is 15.5 Å². The van der Waals surface area contributed by atoms with E-state index in [0.29, 0.717) is 31.7 Å². The van der Waals surface area contributed by atoms with Crippen LogP contribution in [-0.4, -0.2) is 70.9 Å². The molecule has 2 rings (SSSR count). The van der Waals surface area contributed by atoms with Crippen molar-refractivity contribution in [3.63, 3.8) is 0 Å². The standard InChI is InChI=1S/C19H30N6O5/c20-13(9-11-3-1-4-11)17(28)25-8-2-5-14(25)16(27)24-15(18(29)30)12(10-26)6-7-23-19(21)22/h11,13-15H,1-9,20H2,(H,24,27)(H,29,30)(H4,21,22,23)/t13-,14+,15+/m1/s1. The SMILES string of the molecule is N=C(N)NCCC(=C=O)[C@H](NC(=O)[C@@H]1CCCN1C(=O)[C@H](N)CC1CCC1)C(=O)O. The topological polar surface area (TPSA) is 192 Å². The van der Waals surface area contributed by atoms with E-state index in [2.05, 4.69) is 10.6 Å².